The molecule has 2 atom stereocenters. The Morgan fingerprint density at radius 1 is 1.29 bits per heavy atom. The minimum Gasteiger partial charge on any atom is -0.319 e. The maximum atomic E-state index is 10.9. The normalized spacial score (nSPS) is 27.3. The summed E-state index contributed by atoms with van der Waals surface area (Å²) in [7, 11) is -0.771. The van der Waals surface area contributed by atoms with Crippen LogP contribution in [0.3, 0.4) is 0 Å². The number of sulfone groups is 1. The molecule has 1 aliphatic carbocycles. The molecule has 2 unspecified atom stereocenters. The molecule has 0 spiro atoms. The zero-order valence-corrected chi connectivity index (χ0v) is 9.94. The van der Waals surface area contributed by atoms with Crippen molar-refractivity contribution in [3.05, 3.63) is 0 Å². The van der Waals surface area contributed by atoms with E-state index in [0.717, 1.165) is 31.2 Å². The van der Waals surface area contributed by atoms with Crippen LogP contribution in [-0.4, -0.2) is 34.0 Å². The smallest absolute Gasteiger partial charge is 0.147 e. The Morgan fingerprint density at radius 3 is 2.36 bits per heavy atom. The first kappa shape index (κ1) is 12.0. The lowest BCUT2D eigenvalue weighted by Gasteiger charge is -2.36. The molecule has 0 saturated heterocycles. The highest BCUT2D eigenvalue weighted by Gasteiger charge is 2.29. The largest absolute Gasteiger partial charge is 0.319 e. The Bertz CT molecular complexity index is 261. The van der Waals surface area contributed by atoms with E-state index in [2.05, 4.69) is 5.32 Å². The molecule has 0 aromatic rings. The molecule has 1 fully saturated rings. The van der Waals surface area contributed by atoms with E-state index in [-0.39, 0.29) is 0 Å². The zero-order chi connectivity index (χ0) is 10.6. The van der Waals surface area contributed by atoms with Gasteiger partial charge < -0.3 is 5.32 Å². The summed E-state index contributed by atoms with van der Waals surface area (Å²) < 4.78 is 21.8. The van der Waals surface area contributed by atoms with E-state index >= 15 is 0 Å². The number of nitrogens with one attached hydrogen (secondary N) is 1. The standard InChI is InChI=1S/C10H21NO2S/c1-11-8-10-6-5-9(10)4-3-7-14(2,12)13/h9-11H,3-8H2,1-2H3. The van der Waals surface area contributed by atoms with Crippen molar-refractivity contribution in [2.24, 2.45) is 11.8 Å². The van der Waals surface area contributed by atoms with Gasteiger partial charge in [-0.05, 0) is 51.1 Å². The Labute approximate surface area is 87.2 Å². The number of hydrogen-bond donors (Lipinski definition) is 1. The zero-order valence-electron chi connectivity index (χ0n) is 9.12. The van der Waals surface area contributed by atoms with Gasteiger partial charge in [0.2, 0.25) is 0 Å². The van der Waals surface area contributed by atoms with Crippen LogP contribution < -0.4 is 5.32 Å². The molecule has 1 rings (SSSR count). The third-order valence-corrected chi connectivity index (χ3v) is 4.16. The summed E-state index contributed by atoms with van der Waals surface area (Å²) in [5.41, 5.74) is 0. The van der Waals surface area contributed by atoms with E-state index in [1.54, 1.807) is 0 Å². The highest BCUT2D eigenvalue weighted by atomic mass is 32.2. The Kier molecular flexibility index (Phi) is 4.38. The van der Waals surface area contributed by atoms with Gasteiger partial charge >= 0.3 is 0 Å². The third-order valence-electron chi connectivity index (χ3n) is 3.13. The lowest BCUT2D eigenvalue weighted by molar-refractivity contribution is 0.162. The summed E-state index contributed by atoms with van der Waals surface area (Å²) in [5.74, 6) is 1.92. The maximum absolute atomic E-state index is 10.9. The SMILES string of the molecule is CNCC1CCC1CCCS(C)(=O)=O. The van der Waals surface area contributed by atoms with Crippen LogP contribution in [0.2, 0.25) is 0 Å². The second kappa shape index (κ2) is 5.12. The van der Waals surface area contributed by atoms with Gasteiger partial charge in [-0.3, -0.25) is 0 Å². The van der Waals surface area contributed by atoms with Crippen molar-refractivity contribution in [1.82, 2.24) is 5.32 Å². The van der Waals surface area contributed by atoms with Gasteiger partial charge in [0.1, 0.15) is 9.84 Å². The van der Waals surface area contributed by atoms with Gasteiger partial charge in [-0.2, -0.15) is 0 Å². The molecule has 0 aromatic heterocycles. The van der Waals surface area contributed by atoms with Crippen LogP contribution in [0.15, 0.2) is 0 Å². The van der Waals surface area contributed by atoms with Gasteiger partial charge in [0, 0.05) is 12.0 Å². The van der Waals surface area contributed by atoms with Gasteiger partial charge in [0.05, 0.1) is 0 Å². The van der Waals surface area contributed by atoms with Gasteiger partial charge in [0.15, 0.2) is 0 Å². The molecule has 14 heavy (non-hydrogen) atoms. The number of rotatable bonds is 6. The summed E-state index contributed by atoms with van der Waals surface area (Å²) in [6.07, 6.45) is 5.84. The monoisotopic (exact) mass is 219 g/mol. The quantitative estimate of drug-likeness (QED) is 0.726. The van der Waals surface area contributed by atoms with E-state index in [1.165, 1.54) is 19.1 Å². The van der Waals surface area contributed by atoms with Crippen LogP contribution in [0.25, 0.3) is 0 Å². The molecule has 1 aliphatic rings. The van der Waals surface area contributed by atoms with Crippen LogP contribution in [-0.2, 0) is 9.84 Å². The molecule has 3 nitrogen and oxygen atoms in total. The molecule has 1 saturated carbocycles. The molecular formula is C10H21NO2S. The van der Waals surface area contributed by atoms with Crippen molar-refractivity contribution in [2.45, 2.75) is 25.7 Å². The molecule has 0 bridgehead atoms. The van der Waals surface area contributed by atoms with Crippen LogP contribution in [0.1, 0.15) is 25.7 Å². The summed E-state index contributed by atoms with van der Waals surface area (Å²) in [5, 5.41) is 3.19. The maximum Gasteiger partial charge on any atom is 0.147 e. The predicted octanol–water partition coefficient (Wildman–Crippen LogP) is 1.06. The van der Waals surface area contributed by atoms with Crippen LogP contribution >= 0.6 is 0 Å². The summed E-state index contributed by atoms with van der Waals surface area (Å²) >= 11 is 0. The van der Waals surface area contributed by atoms with Crippen LogP contribution in [0.5, 0.6) is 0 Å². The van der Waals surface area contributed by atoms with E-state index in [4.69, 9.17) is 0 Å². The fourth-order valence-corrected chi connectivity index (χ4v) is 2.85. The lowest BCUT2D eigenvalue weighted by Crippen LogP contribution is -2.34. The van der Waals surface area contributed by atoms with Crippen LogP contribution in [0, 0.1) is 11.8 Å². The number of hydrogen-bond acceptors (Lipinski definition) is 3. The van der Waals surface area contributed by atoms with Crippen molar-refractivity contribution in [1.29, 1.82) is 0 Å². The van der Waals surface area contributed by atoms with Crippen molar-refractivity contribution < 1.29 is 8.42 Å². The fourth-order valence-electron chi connectivity index (χ4n) is 2.16. The molecule has 4 heteroatoms. The van der Waals surface area contributed by atoms with Crippen molar-refractivity contribution in [2.75, 3.05) is 25.6 Å². The van der Waals surface area contributed by atoms with E-state index in [0.29, 0.717) is 5.75 Å². The van der Waals surface area contributed by atoms with Crippen molar-refractivity contribution in [3.8, 4) is 0 Å². The average Bonchev–Trinajstić information content (AvgIpc) is 2.04. The first-order valence-corrected chi connectivity index (χ1v) is 7.41. The Hall–Kier alpha value is -0.0900. The second-order valence-corrected chi connectivity index (χ2v) is 6.69. The second-order valence-electron chi connectivity index (χ2n) is 4.43. The minimum atomic E-state index is -2.75. The highest BCUT2D eigenvalue weighted by Crippen LogP contribution is 2.36. The molecule has 0 aliphatic heterocycles. The van der Waals surface area contributed by atoms with E-state index < -0.39 is 9.84 Å². The summed E-state index contributed by atoms with van der Waals surface area (Å²) in [4.78, 5) is 0. The van der Waals surface area contributed by atoms with Gasteiger partial charge in [0.25, 0.3) is 0 Å². The molecule has 0 heterocycles. The Balaban J connectivity index is 2.13. The molecule has 84 valence electrons. The average molecular weight is 219 g/mol. The molecule has 1 N–H and O–H groups in total. The Morgan fingerprint density at radius 2 is 1.93 bits per heavy atom. The molecular weight excluding hydrogens is 198 g/mol. The fraction of sp³-hybridized carbons (Fsp3) is 1.00. The van der Waals surface area contributed by atoms with Gasteiger partial charge in [-0.15, -0.1) is 0 Å². The summed E-state index contributed by atoms with van der Waals surface area (Å²) in [6.45, 7) is 1.09. The summed E-state index contributed by atoms with van der Waals surface area (Å²) in [6, 6.07) is 0. The predicted molar refractivity (Wildman–Crippen MR) is 59.1 cm³/mol. The molecule has 0 radical (unpaired) electrons. The highest BCUT2D eigenvalue weighted by molar-refractivity contribution is 7.90. The topological polar surface area (TPSA) is 46.2 Å². The van der Waals surface area contributed by atoms with Crippen molar-refractivity contribution >= 4 is 9.84 Å². The first-order chi connectivity index (χ1) is 6.53. The third kappa shape index (κ3) is 3.96. The lowest BCUT2D eigenvalue weighted by atomic mass is 9.71. The van der Waals surface area contributed by atoms with E-state index in [9.17, 15) is 8.42 Å². The minimum absolute atomic E-state index is 0.357. The van der Waals surface area contributed by atoms with E-state index in [1.807, 2.05) is 7.05 Å². The van der Waals surface area contributed by atoms with Gasteiger partial charge in [-0.1, -0.05) is 0 Å². The van der Waals surface area contributed by atoms with Crippen LogP contribution in [0.4, 0.5) is 0 Å². The van der Waals surface area contributed by atoms with Gasteiger partial charge in [-0.25, -0.2) is 8.42 Å². The van der Waals surface area contributed by atoms with Crippen molar-refractivity contribution in [3.63, 3.8) is 0 Å². The molecule has 0 amide bonds. The molecule has 0 aromatic carbocycles. The first-order valence-electron chi connectivity index (χ1n) is 5.35.